The number of nitrogens with zero attached hydrogens (tertiary/aromatic N) is 2. The van der Waals surface area contributed by atoms with Crippen molar-refractivity contribution in [1.82, 2.24) is 9.97 Å². The molecule has 2 N–H and O–H groups in total. The number of benzene rings is 3. The van der Waals surface area contributed by atoms with Gasteiger partial charge in [0.25, 0.3) is 0 Å². The average molecular weight is 421 g/mol. The molecule has 2 amide bonds. The highest BCUT2D eigenvalue weighted by Crippen LogP contribution is 2.21. The number of fused-ring (bicyclic) bond motifs is 1. The molecule has 0 aliphatic rings. The van der Waals surface area contributed by atoms with E-state index in [4.69, 9.17) is 11.6 Å². The van der Waals surface area contributed by atoms with Crippen LogP contribution in [-0.4, -0.2) is 21.8 Å². The summed E-state index contributed by atoms with van der Waals surface area (Å²) in [6.45, 7) is 0. The molecular weight excluding hydrogens is 407 g/mol. The number of nitrogens with one attached hydrogen (secondary N) is 2. The number of hydrogen-bond donors (Lipinski definition) is 2. The van der Waals surface area contributed by atoms with E-state index in [0.717, 1.165) is 6.07 Å². The minimum Gasteiger partial charge on any atom is -0.308 e. The van der Waals surface area contributed by atoms with Crippen molar-refractivity contribution in [3.05, 3.63) is 95.0 Å². The molecule has 0 spiro atoms. The fourth-order valence-electron chi connectivity index (χ4n) is 2.90. The smallest absolute Gasteiger partial charge is 0.308 e. The van der Waals surface area contributed by atoms with Gasteiger partial charge in [-0.25, -0.2) is 9.18 Å². The molecule has 0 fully saturated rings. The number of rotatable bonds is 4. The van der Waals surface area contributed by atoms with Gasteiger partial charge < -0.3 is 10.6 Å². The van der Waals surface area contributed by atoms with Crippen LogP contribution in [0.5, 0.6) is 0 Å². The van der Waals surface area contributed by atoms with E-state index in [1.807, 2.05) is 0 Å². The average Bonchev–Trinajstić information content (AvgIpc) is 2.74. The van der Waals surface area contributed by atoms with Gasteiger partial charge in [-0.2, -0.15) is 0 Å². The molecule has 148 valence electrons. The number of carbonyl (C=O) groups excluding carboxylic acids is 2. The highest BCUT2D eigenvalue weighted by atomic mass is 35.5. The number of amides is 2. The van der Waals surface area contributed by atoms with E-state index in [2.05, 4.69) is 20.6 Å². The van der Waals surface area contributed by atoms with Crippen molar-refractivity contribution in [1.29, 1.82) is 0 Å². The normalized spacial score (nSPS) is 10.6. The van der Waals surface area contributed by atoms with Gasteiger partial charge in [0.15, 0.2) is 5.78 Å². The Morgan fingerprint density at radius 2 is 1.57 bits per heavy atom. The first-order valence-electron chi connectivity index (χ1n) is 8.88. The topological polar surface area (TPSA) is 84.0 Å². The molecule has 6 nitrogen and oxygen atoms in total. The van der Waals surface area contributed by atoms with Gasteiger partial charge in [-0.1, -0.05) is 17.7 Å². The summed E-state index contributed by atoms with van der Waals surface area (Å²) in [6, 6.07) is 14.6. The van der Waals surface area contributed by atoms with E-state index >= 15 is 0 Å². The molecule has 0 unspecified atom stereocenters. The predicted molar refractivity (Wildman–Crippen MR) is 113 cm³/mol. The molecule has 0 aliphatic heterocycles. The molecule has 30 heavy (non-hydrogen) atoms. The summed E-state index contributed by atoms with van der Waals surface area (Å²) in [5, 5.41) is 5.67. The van der Waals surface area contributed by atoms with E-state index < -0.39 is 17.6 Å². The van der Waals surface area contributed by atoms with Gasteiger partial charge in [0, 0.05) is 34.4 Å². The van der Waals surface area contributed by atoms with E-state index in [1.165, 1.54) is 18.3 Å². The third-order valence-corrected chi connectivity index (χ3v) is 4.52. The van der Waals surface area contributed by atoms with Crippen LogP contribution >= 0.6 is 11.6 Å². The van der Waals surface area contributed by atoms with Gasteiger partial charge in [0.05, 0.1) is 16.6 Å². The van der Waals surface area contributed by atoms with Crippen LogP contribution in [0.2, 0.25) is 5.02 Å². The fourth-order valence-corrected chi connectivity index (χ4v) is 3.09. The SMILES string of the molecule is O=C(Nc1cccc(Cl)c1)Nc1ccc(F)c(C(=O)c2ccc3nccnc3c2)c1. The van der Waals surface area contributed by atoms with Gasteiger partial charge in [0.1, 0.15) is 5.82 Å². The molecule has 3 aromatic carbocycles. The summed E-state index contributed by atoms with van der Waals surface area (Å²) in [7, 11) is 0. The Hall–Kier alpha value is -3.84. The van der Waals surface area contributed by atoms with Crippen LogP contribution in [0.1, 0.15) is 15.9 Å². The second kappa shape index (κ2) is 8.26. The highest BCUT2D eigenvalue weighted by molar-refractivity contribution is 6.30. The standard InChI is InChI=1S/C22H14ClFN4O2/c23-14-2-1-3-15(11-14)27-22(30)28-16-5-6-18(24)17(12-16)21(29)13-4-7-19-20(10-13)26-9-8-25-19/h1-12H,(H2,27,28,30). The lowest BCUT2D eigenvalue weighted by atomic mass is 10.0. The van der Waals surface area contributed by atoms with Crippen molar-refractivity contribution in [3.8, 4) is 0 Å². The maximum atomic E-state index is 14.4. The van der Waals surface area contributed by atoms with Crippen molar-refractivity contribution in [2.75, 3.05) is 10.6 Å². The lowest BCUT2D eigenvalue weighted by Gasteiger charge is -2.10. The third kappa shape index (κ3) is 4.26. The molecular formula is C22H14ClFN4O2. The molecule has 1 heterocycles. The van der Waals surface area contributed by atoms with Gasteiger partial charge in [-0.15, -0.1) is 0 Å². The number of urea groups is 1. The van der Waals surface area contributed by atoms with Crippen molar-refractivity contribution in [2.45, 2.75) is 0 Å². The second-order valence-electron chi connectivity index (χ2n) is 6.37. The van der Waals surface area contributed by atoms with Crippen molar-refractivity contribution < 1.29 is 14.0 Å². The van der Waals surface area contributed by atoms with E-state index in [9.17, 15) is 14.0 Å². The van der Waals surface area contributed by atoms with E-state index in [1.54, 1.807) is 48.7 Å². The van der Waals surface area contributed by atoms with Crippen LogP contribution in [0.3, 0.4) is 0 Å². The fraction of sp³-hybridized carbons (Fsp3) is 0. The molecule has 4 rings (SSSR count). The zero-order valence-electron chi connectivity index (χ0n) is 15.4. The minimum absolute atomic E-state index is 0.168. The van der Waals surface area contributed by atoms with Crippen molar-refractivity contribution in [2.24, 2.45) is 0 Å². The van der Waals surface area contributed by atoms with Crippen LogP contribution in [0.15, 0.2) is 73.1 Å². The summed E-state index contributed by atoms with van der Waals surface area (Å²) in [5.74, 6) is -1.22. The predicted octanol–water partition coefficient (Wildman–Crippen LogP) is 5.30. The molecule has 0 bridgehead atoms. The number of hydrogen-bond acceptors (Lipinski definition) is 4. The Labute approximate surface area is 175 Å². The first kappa shape index (κ1) is 19.5. The van der Waals surface area contributed by atoms with Crippen molar-refractivity contribution in [3.63, 3.8) is 0 Å². The van der Waals surface area contributed by atoms with Gasteiger partial charge in [0.2, 0.25) is 0 Å². The van der Waals surface area contributed by atoms with Crippen LogP contribution in [0.4, 0.5) is 20.6 Å². The second-order valence-corrected chi connectivity index (χ2v) is 6.81. The van der Waals surface area contributed by atoms with Crippen LogP contribution in [0.25, 0.3) is 11.0 Å². The maximum Gasteiger partial charge on any atom is 0.323 e. The van der Waals surface area contributed by atoms with E-state index in [-0.39, 0.29) is 16.8 Å². The molecule has 0 saturated carbocycles. The summed E-state index contributed by atoms with van der Waals surface area (Å²) in [4.78, 5) is 33.4. The number of anilines is 2. The molecule has 1 aromatic heterocycles. The number of aromatic nitrogens is 2. The Balaban J connectivity index is 1.56. The van der Waals surface area contributed by atoms with Gasteiger partial charge in [-0.3, -0.25) is 14.8 Å². The summed E-state index contributed by atoms with van der Waals surface area (Å²) >= 11 is 5.90. The first-order chi connectivity index (χ1) is 14.5. The summed E-state index contributed by atoms with van der Waals surface area (Å²) < 4.78 is 14.4. The Bertz CT molecular complexity index is 1280. The van der Waals surface area contributed by atoms with Crippen molar-refractivity contribution >= 4 is 45.8 Å². The summed E-state index contributed by atoms with van der Waals surface area (Å²) in [5.41, 5.74) is 2.01. The zero-order chi connectivity index (χ0) is 21.1. The first-order valence-corrected chi connectivity index (χ1v) is 9.26. The molecule has 0 aliphatic carbocycles. The van der Waals surface area contributed by atoms with E-state index in [0.29, 0.717) is 21.7 Å². The maximum absolute atomic E-state index is 14.4. The number of halogens is 2. The highest BCUT2D eigenvalue weighted by Gasteiger charge is 2.16. The lowest BCUT2D eigenvalue weighted by molar-refractivity contribution is 0.103. The Kier molecular flexibility index (Phi) is 5.36. The Morgan fingerprint density at radius 1 is 0.833 bits per heavy atom. The quantitative estimate of drug-likeness (QED) is 0.439. The molecule has 0 atom stereocenters. The van der Waals surface area contributed by atoms with Crippen LogP contribution < -0.4 is 10.6 Å². The Morgan fingerprint density at radius 3 is 2.33 bits per heavy atom. The molecule has 8 heteroatoms. The van der Waals surface area contributed by atoms with Gasteiger partial charge >= 0.3 is 6.03 Å². The molecule has 0 saturated heterocycles. The summed E-state index contributed by atoms with van der Waals surface area (Å²) in [6.07, 6.45) is 3.06. The number of ketones is 1. The number of carbonyl (C=O) groups is 2. The molecule has 4 aromatic rings. The van der Waals surface area contributed by atoms with Crippen LogP contribution in [0, 0.1) is 5.82 Å². The monoisotopic (exact) mass is 420 g/mol. The lowest BCUT2D eigenvalue weighted by Crippen LogP contribution is -2.19. The molecule has 0 radical (unpaired) electrons. The van der Waals surface area contributed by atoms with Gasteiger partial charge in [-0.05, 0) is 54.6 Å². The minimum atomic E-state index is -0.694. The zero-order valence-corrected chi connectivity index (χ0v) is 16.2. The third-order valence-electron chi connectivity index (χ3n) is 4.28. The largest absolute Gasteiger partial charge is 0.323 e. The van der Waals surface area contributed by atoms with Crippen LogP contribution in [-0.2, 0) is 0 Å².